The van der Waals surface area contributed by atoms with E-state index in [1.54, 1.807) is 10.9 Å². The van der Waals surface area contributed by atoms with E-state index in [4.69, 9.17) is 4.42 Å². The van der Waals surface area contributed by atoms with Crippen LogP contribution in [-0.2, 0) is 12.1 Å². The molecule has 4 rings (SSSR count). The Labute approximate surface area is 143 Å². The van der Waals surface area contributed by atoms with Crippen molar-refractivity contribution < 1.29 is 4.42 Å². The lowest BCUT2D eigenvalue weighted by atomic mass is 10.1. The summed E-state index contributed by atoms with van der Waals surface area (Å²) in [5, 5.41) is 8.94. The van der Waals surface area contributed by atoms with Gasteiger partial charge in [0.05, 0.1) is 18.3 Å². The number of benzene rings is 1. The van der Waals surface area contributed by atoms with Gasteiger partial charge < -0.3 is 9.73 Å². The fourth-order valence-electron chi connectivity index (χ4n) is 2.79. The molecule has 0 aliphatic carbocycles. The van der Waals surface area contributed by atoms with E-state index in [1.165, 1.54) is 0 Å². The first kappa shape index (κ1) is 15.4. The third-order valence-corrected chi connectivity index (χ3v) is 3.98. The van der Waals surface area contributed by atoms with Gasteiger partial charge in [-0.3, -0.25) is 9.78 Å². The van der Waals surface area contributed by atoms with Crippen molar-refractivity contribution in [3.05, 3.63) is 52.6 Å². The number of rotatable bonds is 3. The minimum Gasteiger partial charge on any atom is -0.459 e. The molecule has 128 valence electrons. The van der Waals surface area contributed by atoms with Crippen molar-refractivity contribution in [1.29, 1.82) is 0 Å². The smallest absolute Gasteiger partial charge is 0.263 e. The van der Waals surface area contributed by atoms with Crippen molar-refractivity contribution in [2.24, 2.45) is 0 Å². The van der Waals surface area contributed by atoms with Gasteiger partial charge in [0.15, 0.2) is 5.65 Å². The monoisotopic (exact) mass is 337 g/mol. The lowest BCUT2D eigenvalue weighted by molar-refractivity contribution is 0.366. The number of fused-ring (bicyclic) bond motifs is 2. The highest BCUT2D eigenvalue weighted by Crippen LogP contribution is 2.21. The van der Waals surface area contributed by atoms with Gasteiger partial charge in [-0.2, -0.15) is 10.1 Å². The Morgan fingerprint density at radius 2 is 2.08 bits per heavy atom. The first-order chi connectivity index (χ1) is 11.9. The van der Waals surface area contributed by atoms with Crippen LogP contribution in [-0.4, -0.2) is 19.7 Å². The Bertz CT molecular complexity index is 1080. The molecule has 1 aromatic carbocycles. The van der Waals surface area contributed by atoms with Gasteiger partial charge in [-0.1, -0.05) is 18.2 Å². The van der Waals surface area contributed by atoms with Gasteiger partial charge in [0, 0.05) is 5.39 Å². The van der Waals surface area contributed by atoms with E-state index in [0.717, 1.165) is 16.7 Å². The molecule has 0 aliphatic rings. The average molecular weight is 337 g/mol. The van der Waals surface area contributed by atoms with Gasteiger partial charge in [-0.25, -0.2) is 4.68 Å². The van der Waals surface area contributed by atoms with Gasteiger partial charge in [0.25, 0.3) is 5.56 Å². The molecule has 2 N–H and O–H groups in total. The Kier molecular flexibility index (Phi) is 3.38. The molecule has 7 nitrogen and oxygen atoms in total. The molecule has 3 aromatic heterocycles. The Morgan fingerprint density at radius 1 is 1.28 bits per heavy atom. The van der Waals surface area contributed by atoms with Gasteiger partial charge in [-0.15, -0.1) is 0 Å². The number of anilines is 1. The molecule has 0 bridgehead atoms. The SMILES string of the molecule is CC(C)(C)n1ncc2c(=O)[nH]c(NCc3cc4ccccc4o3)nc21. The molecular weight excluding hydrogens is 318 g/mol. The average Bonchev–Trinajstić information content (AvgIpc) is 3.16. The molecule has 25 heavy (non-hydrogen) atoms. The Morgan fingerprint density at radius 3 is 2.84 bits per heavy atom. The fraction of sp³-hybridized carbons (Fsp3) is 0.278. The van der Waals surface area contributed by atoms with Crippen molar-refractivity contribution in [3.8, 4) is 0 Å². The van der Waals surface area contributed by atoms with Crippen molar-refractivity contribution >= 4 is 28.0 Å². The summed E-state index contributed by atoms with van der Waals surface area (Å²) in [7, 11) is 0. The second-order valence-electron chi connectivity index (χ2n) is 6.98. The normalized spacial score (nSPS) is 12.1. The van der Waals surface area contributed by atoms with Crippen LogP contribution < -0.4 is 10.9 Å². The number of para-hydroxylation sites is 1. The number of nitrogens with one attached hydrogen (secondary N) is 2. The number of hydrogen-bond acceptors (Lipinski definition) is 5. The minimum absolute atomic E-state index is 0.215. The number of aromatic nitrogens is 4. The first-order valence-electron chi connectivity index (χ1n) is 8.12. The van der Waals surface area contributed by atoms with E-state index in [-0.39, 0.29) is 11.1 Å². The topological polar surface area (TPSA) is 88.7 Å². The van der Waals surface area contributed by atoms with Gasteiger partial charge in [0.2, 0.25) is 5.95 Å². The van der Waals surface area contributed by atoms with Crippen LogP contribution >= 0.6 is 0 Å². The summed E-state index contributed by atoms with van der Waals surface area (Å²) in [6.07, 6.45) is 1.55. The fourth-order valence-corrected chi connectivity index (χ4v) is 2.79. The summed E-state index contributed by atoms with van der Waals surface area (Å²) in [5.74, 6) is 1.16. The quantitative estimate of drug-likeness (QED) is 0.599. The van der Waals surface area contributed by atoms with Crippen molar-refractivity contribution in [2.75, 3.05) is 5.32 Å². The molecule has 0 unspecified atom stereocenters. The molecule has 0 spiro atoms. The van der Waals surface area contributed by atoms with E-state index in [1.807, 2.05) is 51.1 Å². The van der Waals surface area contributed by atoms with E-state index < -0.39 is 0 Å². The molecule has 0 atom stereocenters. The summed E-state index contributed by atoms with van der Waals surface area (Å²) < 4.78 is 7.52. The summed E-state index contributed by atoms with van der Waals surface area (Å²) in [5.41, 5.74) is 0.913. The van der Waals surface area contributed by atoms with Gasteiger partial charge >= 0.3 is 0 Å². The first-order valence-corrected chi connectivity index (χ1v) is 8.12. The number of hydrogen-bond donors (Lipinski definition) is 2. The predicted octanol–water partition coefficient (Wildman–Crippen LogP) is 3.23. The zero-order valence-corrected chi connectivity index (χ0v) is 14.3. The Balaban J connectivity index is 1.66. The van der Waals surface area contributed by atoms with Crippen LogP contribution in [0.15, 0.2) is 45.7 Å². The van der Waals surface area contributed by atoms with E-state index >= 15 is 0 Å². The molecule has 0 fully saturated rings. The molecular formula is C18H19N5O2. The molecule has 7 heteroatoms. The van der Waals surface area contributed by atoms with E-state index in [2.05, 4.69) is 20.4 Å². The highest BCUT2D eigenvalue weighted by atomic mass is 16.3. The van der Waals surface area contributed by atoms with Crippen LogP contribution in [0.25, 0.3) is 22.0 Å². The number of nitrogens with zero attached hydrogens (tertiary/aromatic N) is 3. The molecule has 3 heterocycles. The number of furan rings is 1. The lowest BCUT2D eigenvalue weighted by Crippen LogP contribution is -2.24. The van der Waals surface area contributed by atoms with Crippen molar-refractivity contribution in [2.45, 2.75) is 32.9 Å². The standard InChI is InChI=1S/C18H19N5O2/c1-18(2,3)23-15-13(10-20-23)16(24)22-17(21-15)19-9-12-8-11-6-4-5-7-14(11)25-12/h4-8,10H,9H2,1-3H3,(H2,19,21,22,24). The Hall–Kier alpha value is -3.09. The van der Waals surface area contributed by atoms with Gasteiger partial charge in [0.1, 0.15) is 16.7 Å². The van der Waals surface area contributed by atoms with Crippen LogP contribution in [0.4, 0.5) is 5.95 Å². The molecule has 0 saturated carbocycles. The zero-order valence-electron chi connectivity index (χ0n) is 14.3. The van der Waals surface area contributed by atoms with Crippen molar-refractivity contribution in [3.63, 3.8) is 0 Å². The van der Waals surface area contributed by atoms with E-state index in [0.29, 0.717) is 23.5 Å². The molecule has 0 radical (unpaired) electrons. The molecule has 0 saturated heterocycles. The third kappa shape index (κ3) is 2.77. The van der Waals surface area contributed by atoms with Crippen LogP contribution in [0.2, 0.25) is 0 Å². The maximum atomic E-state index is 12.3. The second-order valence-corrected chi connectivity index (χ2v) is 6.98. The van der Waals surface area contributed by atoms with Crippen LogP contribution in [0, 0.1) is 0 Å². The second kappa shape index (κ2) is 5.47. The summed E-state index contributed by atoms with van der Waals surface area (Å²) in [4.78, 5) is 19.5. The number of H-pyrrole nitrogens is 1. The summed E-state index contributed by atoms with van der Waals surface area (Å²) in [6, 6.07) is 9.79. The highest BCUT2D eigenvalue weighted by molar-refractivity contribution is 5.78. The zero-order chi connectivity index (χ0) is 17.6. The lowest BCUT2D eigenvalue weighted by Gasteiger charge is -2.19. The number of aromatic amines is 1. The molecule has 4 aromatic rings. The van der Waals surface area contributed by atoms with Gasteiger partial charge in [-0.05, 0) is 32.9 Å². The van der Waals surface area contributed by atoms with Crippen LogP contribution in [0.5, 0.6) is 0 Å². The van der Waals surface area contributed by atoms with Crippen LogP contribution in [0.3, 0.4) is 0 Å². The molecule has 0 amide bonds. The third-order valence-electron chi connectivity index (χ3n) is 3.98. The van der Waals surface area contributed by atoms with E-state index in [9.17, 15) is 4.79 Å². The maximum Gasteiger partial charge on any atom is 0.263 e. The van der Waals surface area contributed by atoms with Crippen molar-refractivity contribution in [1.82, 2.24) is 19.7 Å². The molecule has 0 aliphatic heterocycles. The highest BCUT2D eigenvalue weighted by Gasteiger charge is 2.19. The predicted molar refractivity (Wildman–Crippen MR) is 96.7 cm³/mol. The summed E-state index contributed by atoms with van der Waals surface area (Å²) in [6.45, 7) is 6.48. The summed E-state index contributed by atoms with van der Waals surface area (Å²) >= 11 is 0. The minimum atomic E-state index is -0.265. The van der Waals surface area contributed by atoms with Crippen LogP contribution in [0.1, 0.15) is 26.5 Å². The maximum absolute atomic E-state index is 12.3. The largest absolute Gasteiger partial charge is 0.459 e.